The Bertz CT molecular complexity index is 250. The van der Waals surface area contributed by atoms with Gasteiger partial charge in [-0.25, -0.2) is 0 Å². The molecule has 1 heterocycles. The molecule has 75 valence electrons. The smallest absolute Gasteiger partial charge is 0.0896 e. The highest BCUT2D eigenvalue weighted by atomic mass is 15.2. The summed E-state index contributed by atoms with van der Waals surface area (Å²) in [6.45, 7) is 5.43. The van der Waals surface area contributed by atoms with Gasteiger partial charge in [-0.1, -0.05) is 30.3 Å². The van der Waals surface area contributed by atoms with E-state index in [1.54, 1.807) is 0 Å². The van der Waals surface area contributed by atoms with Gasteiger partial charge in [0, 0.05) is 13.1 Å². The second-order valence-electron chi connectivity index (χ2n) is 3.75. The first kappa shape index (κ1) is 9.69. The fourth-order valence-corrected chi connectivity index (χ4v) is 1.74. The van der Waals surface area contributed by atoms with Crippen molar-refractivity contribution in [1.29, 1.82) is 0 Å². The molecule has 0 spiro atoms. The van der Waals surface area contributed by atoms with E-state index in [1.165, 1.54) is 24.9 Å². The van der Waals surface area contributed by atoms with Crippen LogP contribution in [0.25, 0.3) is 0 Å². The lowest BCUT2D eigenvalue weighted by Gasteiger charge is -2.18. The van der Waals surface area contributed by atoms with Gasteiger partial charge in [0.1, 0.15) is 0 Å². The molecule has 1 aliphatic heterocycles. The zero-order valence-corrected chi connectivity index (χ0v) is 8.45. The van der Waals surface area contributed by atoms with Gasteiger partial charge in [0.15, 0.2) is 0 Å². The Hall–Kier alpha value is -0.860. The summed E-state index contributed by atoms with van der Waals surface area (Å²) in [6.07, 6.45) is 2.57. The second-order valence-corrected chi connectivity index (χ2v) is 3.75. The minimum Gasteiger partial charge on any atom is -0.299 e. The van der Waals surface area contributed by atoms with Crippen molar-refractivity contribution in [3.8, 4) is 0 Å². The van der Waals surface area contributed by atoms with E-state index < -0.39 is 0 Å². The molecule has 1 radical (unpaired) electrons. The van der Waals surface area contributed by atoms with Gasteiger partial charge in [-0.05, 0) is 24.9 Å². The number of nitrogens with one attached hydrogen (secondary N) is 1. The van der Waals surface area contributed by atoms with Gasteiger partial charge < -0.3 is 0 Å². The maximum Gasteiger partial charge on any atom is 0.0896 e. The normalized spacial score (nSPS) is 19.1. The highest BCUT2D eigenvalue weighted by molar-refractivity contribution is 5.14. The van der Waals surface area contributed by atoms with Gasteiger partial charge in [0.05, 0.1) is 6.67 Å². The minimum atomic E-state index is 1.02. The molecule has 0 aliphatic carbocycles. The standard InChI is InChI=1S/C12H17N2/c1-2-6-12(7-3-1)10-14-9-5-4-8-13-11-14/h1-3,6-7,11,13H,4-5,8-10H2. The van der Waals surface area contributed by atoms with Crippen LogP contribution in [-0.2, 0) is 6.54 Å². The third kappa shape index (κ3) is 2.82. The molecule has 2 heteroatoms. The molecule has 2 nitrogen and oxygen atoms in total. The molecule has 0 bridgehead atoms. The molecule has 14 heavy (non-hydrogen) atoms. The molecule has 0 aromatic heterocycles. The van der Waals surface area contributed by atoms with Crippen LogP contribution in [-0.4, -0.2) is 18.0 Å². The fourth-order valence-electron chi connectivity index (χ4n) is 1.74. The number of hydrogen-bond donors (Lipinski definition) is 1. The lowest BCUT2D eigenvalue weighted by Crippen LogP contribution is -2.26. The van der Waals surface area contributed by atoms with E-state index in [0.29, 0.717) is 0 Å². The Labute approximate surface area is 85.9 Å². The Balaban J connectivity index is 1.90. The summed E-state index contributed by atoms with van der Waals surface area (Å²) in [7, 11) is 0. The number of hydrogen-bond acceptors (Lipinski definition) is 2. The van der Waals surface area contributed by atoms with Crippen molar-refractivity contribution in [2.75, 3.05) is 13.1 Å². The molecule has 0 atom stereocenters. The maximum atomic E-state index is 3.32. The molecule has 0 unspecified atom stereocenters. The molecule has 2 rings (SSSR count). The number of nitrogens with zero attached hydrogens (tertiary/aromatic N) is 1. The van der Waals surface area contributed by atoms with Crippen LogP contribution in [0.5, 0.6) is 0 Å². The fraction of sp³-hybridized carbons (Fsp3) is 0.417. The van der Waals surface area contributed by atoms with E-state index in [0.717, 1.165) is 13.1 Å². The second kappa shape index (κ2) is 5.13. The monoisotopic (exact) mass is 189 g/mol. The highest BCUT2D eigenvalue weighted by Crippen LogP contribution is 2.08. The number of rotatable bonds is 2. The van der Waals surface area contributed by atoms with E-state index in [-0.39, 0.29) is 0 Å². The zero-order chi connectivity index (χ0) is 9.64. The molecule has 1 saturated heterocycles. The molecular weight excluding hydrogens is 172 g/mol. The summed E-state index contributed by atoms with van der Waals surface area (Å²) < 4.78 is 0. The van der Waals surface area contributed by atoms with Gasteiger partial charge in [-0.3, -0.25) is 10.2 Å². The third-order valence-corrected chi connectivity index (χ3v) is 2.52. The van der Waals surface area contributed by atoms with Crippen LogP contribution in [0.4, 0.5) is 0 Å². The average molecular weight is 189 g/mol. The molecule has 1 fully saturated rings. The largest absolute Gasteiger partial charge is 0.299 e. The van der Waals surface area contributed by atoms with Crippen molar-refractivity contribution < 1.29 is 0 Å². The van der Waals surface area contributed by atoms with Crippen molar-refractivity contribution in [2.24, 2.45) is 0 Å². The first-order chi connectivity index (χ1) is 6.95. The van der Waals surface area contributed by atoms with E-state index in [1.807, 2.05) is 0 Å². The van der Waals surface area contributed by atoms with Crippen LogP contribution in [0.3, 0.4) is 0 Å². The van der Waals surface area contributed by atoms with Crippen molar-refractivity contribution in [3.63, 3.8) is 0 Å². The Morgan fingerprint density at radius 3 is 2.86 bits per heavy atom. The minimum absolute atomic E-state index is 1.02. The Kier molecular flexibility index (Phi) is 3.55. The van der Waals surface area contributed by atoms with Crippen molar-refractivity contribution >= 4 is 0 Å². The summed E-state index contributed by atoms with van der Waals surface area (Å²) in [5, 5.41) is 3.32. The highest BCUT2D eigenvalue weighted by Gasteiger charge is 2.08. The molecule has 1 N–H and O–H groups in total. The first-order valence-electron chi connectivity index (χ1n) is 5.30. The van der Waals surface area contributed by atoms with Gasteiger partial charge in [0.25, 0.3) is 0 Å². The van der Waals surface area contributed by atoms with Crippen molar-refractivity contribution in [2.45, 2.75) is 19.4 Å². The summed E-state index contributed by atoms with van der Waals surface area (Å²) in [6, 6.07) is 10.6. The van der Waals surface area contributed by atoms with Crippen LogP contribution in [0.2, 0.25) is 0 Å². The summed E-state index contributed by atoms with van der Waals surface area (Å²) in [5.41, 5.74) is 1.38. The lowest BCUT2D eigenvalue weighted by atomic mass is 10.2. The van der Waals surface area contributed by atoms with Crippen molar-refractivity contribution in [3.05, 3.63) is 42.6 Å². The van der Waals surface area contributed by atoms with Gasteiger partial charge in [-0.2, -0.15) is 0 Å². The predicted molar refractivity (Wildman–Crippen MR) is 58.4 cm³/mol. The van der Waals surface area contributed by atoms with E-state index in [2.05, 4.69) is 47.2 Å². The molecule has 0 saturated carbocycles. The van der Waals surface area contributed by atoms with Crippen LogP contribution in [0.1, 0.15) is 18.4 Å². The molecule has 1 aromatic rings. The average Bonchev–Trinajstić information content (AvgIpc) is 2.48. The topological polar surface area (TPSA) is 15.3 Å². The van der Waals surface area contributed by atoms with Crippen LogP contribution < -0.4 is 5.32 Å². The summed E-state index contributed by atoms with van der Waals surface area (Å²) in [5.74, 6) is 0. The molecule has 1 aromatic carbocycles. The van der Waals surface area contributed by atoms with Crippen LogP contribution >= 0.6 is 0 Å². The van der Waals surface area contributed by atoms with Crippen molar-refractivity contribution in [1.82, 2.24) is 10.2 Å². The van der Waals surface area contributed by atoms with Gasteiger partial charge in [0.2, 0.25) is 0 Å². The SMILES string of the molecule is [CH]1NCCCCN1Cc1ccccc1. The summed E-state index contributed by atoms with van der Waals surface area (Å²) >= 11 is 0. The summed E-state index contributed by atoms with van der Waals surface area (Å²) in [4.78, 5) is 2.35. The first-order valence-corrected chi connectivity index (χ1v) is 5.30. The zero-order valence-electron chi connectivity index (χ0n) is 8.45. The predicted octanol–water partition coefficient (Wildman–Crippen LogP) is 1.99. The Morgan fingerprint density at radius 2 is 2.00 bits per heavy atom. The third-order valence-electron chi connectivity index (χ3n) is 2.52. The lowest BCUT2D eigenvalue weighted by molar-refractivity contribution is 0.320. The molecular formula is C12H17N2. The van der Waals surface area contributed by atoms with E-state index in [4.69, 9.17) is 0 Å². The van der Waals surface area contributed by atoms with Crippen LogP contribution in [0.15, 0.2) is 30.3 Å². The molecule has 1 aliphatic rings. The Morgan fingerprint density at radius 1 is 1.14 bits per heavy atom. The van der Waals surface area contributed by atoms with E-state index in [9.17, 15) is 0 Å². The van der Waals surface area contributed by atoms with Gasteiger partial charge in [-0.15, -0.1) is 0 Å². The number of benzene rings is 1. The quantitative estimate of drug-likeness (QED) is 0.765. The van der Waals surface area contributed by atoms with E-state index >= 15 is 0 Å². The van der Waals surface area contributed by atoms with Crippen LogP contribution in [0, 0.1) is 6.67 Å². The van der Waals surface area contributed by atoms with Gasteiger partial charge >= 0.3 is 0 Å². The molecule has 0 amide bonds. The maximum absolute atomic E-state index is 3.32.